The highest BCUT2D eigenvalue weighted by Gasteiger charge is 2.29. The van der Waals surface area contributed by atoms with Gasteiger partial charge in [0.15, 0.2) is 5.16 Å². The summed E-state index contributed by atoms with van der Waals surface area (Å²) in [5, 5.41) is 4.61. The molecule has 1 aliphatic heterocycles. The van der Waals surface area contributed by atoms with Crippen LogP contribution >= 0.6 is 24.4 Å². The van der Waals surface area contributed by atoms with Gasteiger partial charge < -0.3 is 15.1 Å². The summed E-state index contributed by atoms with van der Waals surface area (Å²) in [4.78, 5) is 36.5. The summed E-state index contributed by atoms with van der Waals surface area (Å²) in [7, 11) is 4.05. The van der Waals surface area contributed by atoms with Crippen LogP contribution in [-0.4, -0.2) is 52.8 Å². The molecule has 0 spiro atoms. The molecule has 1 aromatic heterocycles. The monoisotopic (exact) mass is 549 g/mol. The minimum absolute atomic E-state index is 0.0552. The fourth-order valence-electron chi connectivity index (χ4n) is 4.75. The number of nitrogens with one attached hydrogen (secondary N) is 1. The molecule has 0 unspecified atom stereocenters. The summed E-state index contributed by atoms with van der Waals surface area (Å²) in [6.45, 7) is 2.19. The van der Waals surface area contributed by atoms with Gasteiger partial charge in [-0.05, 0) is 42.7 Å². The van der Waals surface area contributed by atoms with Crippen molar-refractivity contribution in [2.75, 3.05) is 32.1 Å². The second-order valence-electron chi connectivity index (χ2n) is 10.2. The maximum Gasteiger partial charge on any atom is 0.264 e. The third-order valence-corrected chi connectivity index (χ3v) is 8.96. The topological polar surface area (TPSA) is 70.5 Å². The van der Waals surface area contributed by atoms with Crippen LogP contribution in [0.3, 0.4) is 0 Å². The number of carbonyl (C=O) groups is 1. The molecule has 200 valence electrons. The molecule has 9 heteroatoms. The molecule has 1 fully saturated rings. The number of thiol groups is 1. The smallest absolute Gasteiger partial charge is 0.264 e. The third kappa shape index (κ3) is 5.95. The van der Waals surface area contributed by atoms with E-state index >= 15 is 0 Å². The SMILES string of the molecule is CN(C)c1ccc(CNCCC(=O)N2CCc3nc(SC4CCC4)n(-c4ccccc4S)c(=O)c3C2)cc1. The first-order chi connectivity index (χ1) is 18.4. The Labute approximate surface area is 234 Å². The Morgan fingerprint density at radius 3 is 2.61 bits per heavy atom. The number of fused-ring (bicyclic) bond motifs is 1. The van der Waals surface area contributed by atoms with E-state index in [2.05, 4.69) is 47.1 Å². The number of nitrogens with zero attached hydrogens (tertiary/aromatic N) is 4. The molecule has 2 heterocycles. The molecule has 0 radical (unpaired) electrons. The molecule has 2 aromatic carbocycles. The number of anilines is 1. The number of para-hydroxylation sites is 1. The van der Waals surface area contributed by atoms with Gasteiger partial charge in [-0.3, -0.25) is 14.2 Å². The molecule has 7 nitrogen and oxygen atoms in total. The molecule has 38 heavy (non-hydrogen) atoms. The largest absolute Gasteiger partial charge is 0.378 e. The van der Waals surface area contributed by atoms with Crippen LogP contribution in [0.25, 0.3) is 5.69 Å². The Kier molecular flexibility index (Phi) is 8.45. The molecule has 5 rings (SSSR count). The Morgan fingerprint density at radius 2 is 1.92 bits per heavy atom. The van der Waals surface area contributed by atoms with E-state index in [1.807, 2.05) is 38.4 Å². The van der Waals surface area contributed by atoms with Gasteiger partial charge in [-0.15, -0.1) is 12.6 Å². The molecule has 0 atom stereocenters. The van der Waals surface area contributed by atoms with Crippen LogP contribution < -0.4 is 15.8 Å². The standard InChI is InChI=1S/C29H35N5O2S2/c1-32(2)21-12-10-20(11-13-21)18-30-16-14-27(35)33-17-15-24-23(19-33)28(36)34(25-8-3-4-9-26(25)37)29(31-24)38-22-6-5-7-22/h3-4,8-13,22,30,37H,5-7,14-19H2,1-2H3. The predicted octanol–water partition coefficient (Wildman–Crippen LogP) is 4.30. The zero-order valence-electron chi connectivity index (χ0n) is 22.0. The van der Waals surface area contributed by atoms with Gasteiger partial charge >= 0.3 is 0 Å². The molecule has 2 aliphatic rings. The normalized spacial score (nSPS) is 15.2. The number of carbonyl (C=O) groups excluding carboxylic acids is 1. The van der Waals surface area contributed by atoms with Crippen molar-refractivity contribution < 1.29 is 4.79 Å². The Balaban J connectivity index is 1.26. The van der Waals surface area contributed by atoms with Gasteiger partial charge in [0.1, 0.15) is 0 Å². The summed E-state index contributed by atoms with van der Waals surface area (Å²) in [6.07, 6.45) is 4.52. The van der Waals surface area contributed by atoms with Crippen molar-refractivity contribution in [3.63, 3.8) is 0 Å². The van der Waals surface area contributed by atoms with Crippen LogP contribution in [0.5, 0.6) is 0 Å². The molecule has 3 aromatic rings. The number of benzene rings is 2. The number of amides is 1. The lowest BCUT2D eigenvalue weighted by Gasteiger charge is -2.30. The molecular weight excluding hydrogens is 514 g/mol. The van der Waals surface area contributed by atoms with Crippen LogP contribution in [0.1, 0.15) is 42.5 Å². The Hall–Kier alpha value is -2.75. The van der Waals surface area contributed by atoms with Gasteiger partial charge in [0.25, 0.3) is 5.56 Å². The van der Waals surface area contributed by atoms with Gasteiger partial charge in [-0.2, -0.15) is 0 Å². The maximum absolute atomic E-state index is 13.8. The van der Waals surface area contributed by atoms with Crippen LogP contribution in [0.4, 0.5) is 5.69 Å². The quantitative estimate of drug-likeness (QED) is 0.236. The minimum atomic E-state index is -0.0879. The highest BCUT2D eigenvalue weighted by Crippen LogP contribution is 2.37. The van der Waals surface area contributed by atoms with E-state index < -0.39 is 0 Å². The third-order valence-electron chi connectivity index (χ3n) is 7.30. The van der Waals surface area contributed by atoms with Gasteiger partial charge in [0.05, 0.1) is 23.5 Å². The van der Waals surface area contributed by atoms with Gasteiger partial charge in [0.2, 0.25) is 5.91 Å². The van der Waals surface area contributed by atoms with E-state index in [0.29, 0.717) is 49.8 Å². The molecule has 0 bridgehead atoms. The van der Waals surface area contributed by atoms with E-state index in [9.17, 15) is 9.59 Å². The van der Waals surface area contributed by atoms with Crippen molar-refractivity contribution in [1.82, 2.24) is 19.8 Å². The fraction of sp³-hybridized carbons (Fsp3) is 0.414. The maximum atomic E-state index is 13.8. The van der Waals surface area contributed by atoms with Gasteiger partial charge in [-0.1, -0.05) is 42.4 Å². The average Bonchev–Trinajstić information content (AvgIpc) is 2.89. The van der Waals surface area contributed by atoms with Crippen molar-refractivity contribution in [1.29, 1.82) is 0 Å². The fourth-order valence-corrected chi connectivity index (χ4v) is 6.33. The second-order valence-corrected chi connectivity index (χ2v) is 11.9. The Bertz CT molecular complexity index is 1350. The van der Waals surface area contributed by atoms with Crippen molar-refractivity contribution in [3.05, 3.63) is 75.7 Å². The van der Waals surface area contributed by atoms with E-state index in [4.69, 9.17) is 4.98 Å². The summed E-state index contributed by atoms with van der Waals surface area (Å²) in [6, 6.07) is 16.0. The summed E-state index contributed by atoms with van der Waals surface area (Å²) >= 11 is 6.32. The summed E-state index contributed by atoms with van der Waals surface area (Å²) in [5.74, 6) is 0.0552. The van der Waals surface area contributed by atoms with Crippen molar-refractivity contribution in [3.8, 4) is 5.69 Å². The highest BCUT2D eigenvalue weighted by molar-refractivity contribution is 7.99. The first-order valence-electron chi connectivity index (χ1n) is 13.3. The molecule has 1 amide bonds. The molecule has 1 aliphatic carbocycles. The van der Waals surface area contributed by atoms with Gasteiger partial charge in [0, 0.05) is 62.4 Å². The molecule has 1 N–H and O–H groups in total. The Morgan fingerprint density at radius 1 is 1.16 bits per heavy atom. The van der Waals surface area contributed by atoms with Crippen molar-refractivity contribution in [2.45, 2.75) is 60.5 Å². The average molecular weight is 550 g/mol. The lowest BCUT2D eigenvalue weighted by Crippen LogP contribution is -2.42. The lowest BCUT2D eigenvalue weighted by atomic mass is 10.0. The van der Waals surface area contributed by atoms with E-state index in [1.54, 1.807) is 21.2 Å². The number of thioether (sulfide) groups is 1. The number of hydrogen-bond acceptors (Lipinski definition) is 7. The molecule has 1 saturated carbocycles. The van der Waals surface area contributed by atoms with Crippen LogP contribution in [-0.2, 0) is 24.3 Å². The number of hydrogen-bond donors (Lipinski definition) is 2. The zero-order valence-corrected chi connectivity index (χ0v) is 23.7. The minimum Gasteiger partial charge on any atom is -0.378 e. The second kappa shape index (κ2) is 12.0. The molecular formula is C29H35N5O2S2. The van der Waals surface area contributed by atoms with Crippen molar-refractivity contribution >= 4 is 36.0 Å². The summed E-state index contributed by atoms with van der Waals surface area (Å²) in [5.41, 5.74) is 4.44. The van der Waals surface area contributed by atoms with Crippen LogP contribution in [0, 0.1) is 0 Å². The first kappa shape index (κ1) is 26.8. The first-order valence-corrected chi connectivity index (χ1v) is 14.6. The highest BCUT2D eigenvalue weighted by atomic mass is 32.2. The number of rotatable bonds is 9. The van der Waals surface area contributed by atoms with E-state index in [-0.39, 0.29) is 11.5 Å². The van der Waals surface area contributed by atoms with Gasteiger partial charge in [-0.25, -0.2) is 4.98 Å². The lowest BCUT2D eigenvalue weighted by molar-refractivity contribution is -0.132. The van der Waals surface area contributed by atoms with E-state index in [0.717, 1.165) is 40.0 Å². The number of aromatic nitrogens is 2. The predicted molar refractivity (Wildman–Crippen MR) is 157 cm³/mol. The zero-order chi connectivity index (χ0) is 26.6. The van der Waals surface area contributed by atoms with Crippen LogP contribution in [0.2, 0.25) is 0 Å². The van der Waals surface area contributed by atoms with Crippen molar-refractivity contribution in [2.24, 2.45) is 0 Å². The summed E-state index contributed by atoms with van der Waals surface area (Å²) < 4.78 is 1.71. The van der Waals surface area contributed by atoms with Crippen LogP contribution in [0.15, 0.2) is 63.4 Å². The van der Waals surface area contributed by atoms with E-state index in [1.165, 1.54) is 12.0 Å². The molecule has 0 saturated heterocycles.